The third-order valence-corrected chi connectivity index (χ3v) is 3.74. The second-order valence-electron chi connectivity index (χ2n) is 6.30. The largest absolute Gasteiger partial charge is 0.485 e. The highest BCUT2D eigenvalue weighted by atomic mass is 19.3. The molecule has 0 fully saturated rings. The Morgan fingerprint density at radius 1 is 1.42 bits per heavy atom. The van der Waals surface area contributed by atoms with Gasteiger partial charge < -0.3 is 10.1 Å². The number of ether oxygens (including phenoxy) is 1. The first kappa shape index (κ1) is 16.4. The summed E-state index contributed by atoms with van der Waals surface area (Å²) in [4.78, 5) is 12.4. The number of aryl methyl sites for hydroxylation is 1. The summed E-state index contributed by atoms with van der Waals surface area (Å²) in [5.74, 6) is -0.945. The van der Waals surface area contributed by atoms with E-state index in [-0.39, 0.29) is 17.0 Å². The van der Waals surface area contributed by atoms with E-state index in [1.54, 1.807) is 13.8 Å². The normalized spacial score (nSPS) is 15.3. The van der Waals surface area contributed by atoms with Gasteiger partial charge in [-0.05, 0) is 26.0 Å². The number of alkyl halides is 2. The molecule has 0 bridgehead atoms. The number of hydrogen-bond acceptors (Lipinski definition) is 3. The molecule has 1 amide bonds. The highest BCUT2D eigenvalue weighted by Crippen LogP contribution is 2.42. The Kier molecular flexibility index (Phi) is 3.77. The van der Waals surface area contributed by atoms with Gasteiger partial charge in [0, 0.05) is 25.2 Å². The SMILES string of the molecule is Cn1cc(C(=O)Nc2ccc(F)c3c2OC(C)(C)C3)c(C(F)F)n1. The predicted molar refractivity (Wildman–Crippen MR) is 80.9 cm³/mol. The number of rotatable bonds is 3. The number of hydrogen-bond donors (Lipinski definition) is 1. The second-order valence-corrected chi connectivity index (χ2v) is 6.30. The van der Waals surface area contributed by atoms with E-state index in [2.05, 4.69) is 10.4 Å². The lowest BCUT2D eigenvalue weighted by Gasteiger charge is -2.18. The molecule has 1 aromatic carbocycles. The minimum absolute atomic E-state index is 0.232. The number of amides is 1. The third-order valence-electron chi connectivity index (χ3n) is 3.74. The van der Waals surface area contributed by atoms with Crippen LogP contribution in [-0.2, 0) is 13.5 Å². The van der Waals surface area contributed by atoms with Crippen LogP contribution in [0.4, 0.5) is 18.9 Å². The van der Waals surface area contributed by atoms with E-state index in [1.807, 2.05) is 0 Å². The molecule has 8 heteroatoms. The Morgan fingerprint density at radius 3 is 2.79 bits per heavy atom. The molecule has 128 valence electrons. The maximum absolute atomic E-state index is 13.9. The summed E-state index contributed by atoms with van der Waals surface area (Å²) in [7, 11) is 1.45. The van der Waals surface area contributed by atoms with Gasteiger partial charge in [0.25, 0.3) is 12.3 Å². The van der Waals surface area contributed by atoms with E-state index in [0.29, 0.717) is 12.0 Å². The molecular weight excluding hydrogens is 323 g/mol. The van der Waals surface area contributed by atoms with Crippen LogP contribution < -0.4 is 10.1 Å². The summed E-state index contributed by atoms with van der Waals surface area (Å²) < 4.78 is 46.8. The summed E-state index contributed by atoms with van der Waals surface area (Å²) in [5.41, 5.74) is -0.839. The molecular formula is C16H16F3N3O2. The maximum Gasteiger partial charge on any atom is 0.282 e. The molecule has 2 aromatic rings. The average molecular weight is 339 g/mol. The van der Waals surface area contributed by atoms with Crippen LogP contribution >= 0.6 is 0 Å². The number of aromatic nitrogens is 2. The quantitative estimate of drug-likeness (QED) is 0.932. The maximum atomic E-state index is 13.9. The van der Waals surface area contributed by atoms with Crippen LogP contribution in [0.25, 0.3) is 0 Å². The van der Waals surface area contributed by atoms with Crippen molar-refractivity contribution in [3.63, 3.8) is 0 Å². The van der Waals surface area contributed by atoms with Crippen molar-refractivity contribution in [3.05, 3.63) is 41.0 Å². The Labute approximate surface area is 136 Å². The van der Waals surface area contributed by atoms with Crippen molar-refractivity contribution in [2.45, 2.75) is 32.3 Å². The number of nitrogens with zero attached hydrogens (tertiary/aromatic N) is 2. The van der Waals surface area contributed by atoms with Crippen molar-refractivity contribution in [3.8, 4) is 5.75 Å². The number of carbonyl (C=O) groups is 1. The van der Waals surface area contributed by atoms with Crippen molar-refractivity contribution < 1.29 is 22.7 Å². The van der Waals surface area contributed by atoms with Crippen molar-refractivity contribution >= 4 is 11.6 Å². The van der Waals surface area contributed by atoms with Gasteiger partial charge in [-0.1, -0.05) is 0 Å². The minimum Gasteiger partial charge on any atom is -0.485 e. The standard InChI is InChI=1S/C16H16F3N3O2/c1-16(2)6-8-10(17)4-5-11(13(8)24-16)20-15(23)9-7-22(3)21-12(9)14(18)19/h4-5,7,14H,6H2,1-3H3,(H,20,23). The Balaban J connectivity index is 1.94. The van der Waals surface area contributed by atoms with Gasteiger partial charge in [-0.15, -0.1) is 0 Å². The zero-order valence-corrected chi connectivity index (χ0v) is 13.4. The van der Waals surface area contributed by atoms with E-state index in [1.165, 1.54) is 25.4 Å². The molecule has 1 aliphatic rings. The van der Waals surface area contributed by atoms with Gasteiger partial charge in [-0.3, -0.25) is 9.48 Å². The minimum atomic E-state index is -2.87. The van der Waals surface area contributed by atoms with Gasteiger partial charge in [0.2, 0.25) is 0 Å². The number of carbonyl (C=O) groups excluding carboxylic acids is 1. The first-order chi connectivity index (χ1) is 11.2. The molecule has 0 saturated carbocycles. The van der Waals surface area contributed by atoms with E-state index in [4.69, 9.17) is 4.74 Å². The first-order valence-corrected chi connectivity index (χ1v) is 7.31. The number of fused-ring (bicyclic) bond motifs is 1. The lowest BCUT2D eigenvalue weighted by Crippen LogP contribution is -2.25. The lowest BCUT2D eigenvalue weighted by atomic mass is 10.0. The molecule has 1 aromatic heterocycles. The predicted octanol–water partition coefficient (Wildman–Crippen LogP) is 3.46. The van der Waals surface area contributed by atoms with E-state index >= 15 is 0 Å². The molecule has 24 heavy (non-hydrogen) atoms. The van der Waals surface area contributed by atoms with Crippen molar-refractivity contribution in [2.75, 3.05) is 5.32 Å². The molecule has 0 radical (unpaired) electrons. The van der Waals surface area contributed by atoms with Crippen LogP contribution in [0.15, 0.2) is 18.3 Å². The first-order valence-electron chi connectivity index (χ1n) is 7.31. The van der Waals surface area contributed by atoms with Crippen LogP contribution in [-0.4, -0.2) is 21.3 Å². The fourth-order valence-corrected chi connectivity index (χ4v) is 2.75. The zero-order chi connectivity index (χ0) is 17.6. The van der Waals surface area contributed by atoms with Crippen LogP contribution in [0.3, 0.4) is 0 Å². The molecule has 0 saturated heterocycles. The van der Waals surface area contributed by atoms with Gasteiger partial charge in [0.05, 0.1) is 11.3 Å². The smallest absolute Gasteiger partial charge is 0.282 e. The van der Waals surface area contributed by atoms with Crippen molar-refractivity contribution in [1.82, 2.24) is 9.78 Å². The summed E-state index contributed by atoms with van der Waals surface area (Å²) in [6.07, 6.45) is -1.31. The van der Waals surface area contributed by atoms with E-state index in [9.17, 15) is 18.0 Å². The Bertz CT molecular complexity index is 815. The van der Waals surface area contributed by atoms with Gasteiger partial charge in [0.15, 0.2) is 0 Å². The second kappa shape index (κ2) is 5.54. The fraction of sp³-hybridized carbons (Fsp3) is 0.375. The monoisotopic (exact) mass is 339 g/mol. The number of nitrogens with one attached hydrogen (secondary N) is 1. The summed E-state index contributed by atoms with van der Waals surface area (Å²) in [5, 5.41) is 6.11. The Hall–Kier alpha value is -2.51. The highest BCUT2D eigenvalue weighted by molar-refractivity contribution is 6.05. The van der Waals surface area contributed by atoms with Crippen molar-refractivity contribution in [2.24, 2.45) is 7.05 Å². The van der Waals surface area contributed by atoms with Crippen LogP contribution in [0.1, 0.15) is 41.9 Å². The molecule has 0 atom stereocenters. The van der Waals surface area contributed by atoms with Gasteiger partial charge >= 0.3 is 0 Å². The van der Waals surface area contributed by atoms with Crippen molar-refractivity contribution in [1.29, 1.82) is 0 Å². The lowest BCUT2D eigenvalue weighted by molar-refractivity contribution is 0.100. The van der Waals surface area contributed by atoms with Crippen LogP contribution in [0, 0.1) is 5.82 Å². The van der Waals surface area contributed by atoms with Gasteiger partial charge in [-0.25, -0.2) is 13.2 Å². The molecule has 1 N–H and O–H groups in total. The zero-order valence-electron chi connectivity index (χ0n) is 13.4. The third kappa shape index (κ3) is 2.83. The number of benzene rings is 1. The topological polar surface area (TPSA) is 56.2 Å². The molecule has 3 rings (SSSR count). The fourth-order valence-electron chi connectivity index (χ4n) is 2.75. The molecule has 2 heterocycles. The molecule has 1 aliphatic heterocycles. The summed E-state index contributed by atoms with van der Waals surface area (Å²) in [6.45, 7) is 3.60. The average Bonchev–Trinajstić information content (AvgIpc) is 3.02. The molecule has 0 spiro atoms. The van der Waals surface area contributed by atoms with E-state index < -0.39 is 29.4 Å². The molecule has 0 aliphatic carbocycles. The molecule has 0 unspecified atom stereocenters. The Morgan fingerprint density at radius 2 is 2.12 bits per heavy atom. The van der Waals surface area contributed by atoms with Crippen LogP contribution in [0.2, 0.25) is 0 Å². The van der Waals surface area contributed by atoms with Gasteiger partial charge in [0.1, 0.15) is 22.9 Å². The van der Waals surface area contributed by atoms with Gasteiger partial charge in [-0.2, -0.15) is 5.10 Å². The van der Waals surface area contributed by atoms with E-state index in [0.717, 1.165) is 4.68 Å². The van der Waals surface area contributed by atoms with Crippen LogP contribution in [0.5, 0.6) is 5.75 Å². The summed E-state index contributed by atoms with van der Waals surface area (Å²) >= 11 is 0. The number of anilines is 1. The molecule has 5 nitrogen and oxygen atoms in total. The summed E-state index contributed by atoms with van der Waals surface area (Å²) in [6, 6.07) is 2.57. The highest BCUT2D eigenvalue weighted by Gasteiger charge is 2.35. The number of halogens is 3.